The summed E-state index contributed by atoms with van der Waals surface area (Å²) >= 11 is 0. The fourth-order valence-electron chi connectivity index (χ4n) is 4.55. The Morgan fingerprint density at radius 3 is 1.95 bits per heavy atom. The van der Waals surface area contributed by atoms with Crippen LogP contribution in [-0.4, -0.2) is 67.1 Å². The summed E-state index contributed by atoms with van der Waals surface area (Å²) in [7, 11) is 5.31. The molecule has 0 bridgehead atoms. The maximum absolute atomic E-state index is 13.8. The quantitative estimate of drug-likeness (QED) is 0.317. The van der Waals surface area contributed by atoms with E-state index in [1.165, 1.54) is 6.92 Å². The molecule has 0 radical (unpaired) electrons. The molecule has 37 heavy (non-hydrogen) atoms. The van der Waals surface area contributed by atoms with Crippen molar-refractivity contribution in [2.45, 2.75) is 85.5 Å². The van der Waals surface area contributed by atoms with Crippen LogP contribution in [-0.2, 0) is 26.3 Å². The Kier molecular flexibility index (Phi) is 11.5. The lowest BCUT2D eigenvalue weighted by Crippen LogP contribution is -2.61. The Morgan fingerprint density at radius 1 is 1.00 bits per heavy atom. The molecule has 0 aliphatic rings. The number of benzene rings is 1. The monoisotopic (exact) mass is 516 g/mol. The molecule has 4 N–H and O–H groups in total. The van der Waals surface area contributed by atoms with Gasteiger partial charge in [-0.3, -0.25) is 9.59 Å². The average Bonchev–Trinajstić information content (AvgIpc) is 2.79. The summed E-state index contributed by atoms with van der Waals surface area (Å²) in [5.74, 6) is -1.58. The molecule has 0 aromatic heterocycles. The van der Waals surface area contributed by atoms with Crippen molar-refractivity contribution in [3.05, 3.63) is 47.0 Å². The van der Waals surface area contributed by atoms with Crippen molar-refractivity contribution in [3.63, 3.8) is 0 Å². The molecular formula is C29H48N4O4. The van der Waals surface area contributed by atoms with Gasteiger partial charge in [-0.15, -0.1) is 0 Å². The van der Waals surface area contributed by atoms with Gasteiger partial charge in [-0.1, -0.05) is 78.8 Å². The van der Waals surface area contributed by atoms with E-state index in [2.05, 4.69) is 16.0 Å². The summed E-state index contributed by atoms with van der Waals surface area (Å²) < 4.78 is 0. The summed E-state index contributed by atoms with van der Waals surface area (Å²) in [6.45, 7) is 15.9. The number of hydrogen-bond donors (Lipinski definition) is 4. The summed E-state index contributed by atoms with van der Waals surface area (Å²) in [6, 6.07) is 6.33. The van der Waals surface area contributed by atoms with Crippen LogP contribution < -0.4 is 16.0 Å². The Hall–Kier alpha value is -2.71. The van der Waals surface area contributed by atoms with Crippen molar-refractivity contribution >= 4 is 17.8 Å². The molecule has 2 amide bonds. The lowest BCUT2D eigenvalue weighted by Gasteiger charge is -2.40. The molecule has 0 heterocycles. The van der Waals surface area contributed by atoms with Crippen molar-refractivity contribution in [2.75, 3.05) is 21.1 Å². The van der Waals surface area contributed by atoms with Gasteiger partial charge in [-0.2, -0.15) is 0 Å². The maximum Gasteiger partial charge on any atom is 0.331 e. The van der Waals surface area contributed by atoms with E-state index in [1.54, 1.807) is 25.1 Å². The summed E-state index contributed by atoms with van der Waals surface area (Å²) in [6.07, 6.45) is 1.60. The molecule has 0 saturated heterocycles. The van der Waals surface area contributed by atoms with Gasteiger partial charge in [0.2, 0.25) is 11.8 Å². The summed E-state index contributed by atoms with van der Waals surface area (Å²) in [5.41, 5.74) is 1.20. The van der Waals surface area contributed by atoms with Gasteiger partial charge in [0, 0.05) is 24.6 Å². The third-order valence-electron chi connectivity index (χ3n) is 6.99. The number of carbonyl (C=O) groups is 3. The van der Waals surface area contributed by atoms with Crippen molar-refractivity contribution in [1.29, 1.82) is 0 Å². The molecule has 8 nitrogen and oxygen atoms in total. The lowest BCUT2D eigenvalue weighted by atomic mass is 9.76. The van der Waals surface area contributed by atoms with Crippen LogP contribution in [0.1, 0.15) is 66.5 Å². The highest BCUT2D eigenvalue weighted by molar-refractivity contribution is 5.91. The number of carboxylic acid groups (broad SMARTS) is 1. The molecule has 1 unspecified atom stereocenters. The number of carboxylic acids is 1. The molecule has 208 valence electrons. The van der Waals surface area contributed by atoms with Crippen LogP contribution in [0.4, 0.5) is 0 Å². The van der Waals surface area contributed by atoms with Crippen LogP contribution in [0.2, 0.25) is 0 Å². The highest BCUT2D eigenvalue weighted by atomic mass is 16.4. The zero-order valence-corrected chi connectivity index (χ0v) is 24.5. The van der Waals surface area contributed by atoms with E-state index >= 15 is 0 Å². The Bertz CT molecular complexity index is 961. The maximum atomic E-state index is 13.8. The van der Waals surface area contributed by atoms with Crippen molar-refractivity contribution in [2.24, 2.45) is 11.3 Å². The van der Waals surface area contributed by atoms with Gasteiger partial charge in [0.05, 0.1) is 12.1 Å². The smallest absolute Gasteiger partial charge is 0.331 e. The van der Waals surface area contributed by atoms with Crippen molar-refractivity contribution in [1.82, 2.24) is 20.9 Å². The largest absolute Gasteiger partial charge is 0.478 e. The average molecular weight is 517 g/mol. The second kappa shape index (κ2) is 13.2. The zero-order valence-electron chi connectivity index (χ0n) is 24.5. The van der Waals surface area contributed by atoms with Gasteiger partial charge < -0.3 is 26.0 Å². The summed E-state index contributed by atoms with van der Waals surface area (Å²) in [5, 5.41) is 18.7. The molecule has 1 aromatic rings. The van der Waals surface area contributed by atoms with Gasteiger partial charge in [-0.05, 0) is 43.5 Å². The highest BCUT2D eigenvalue weighted by Gasteiger charge is 2.41. The van der Waals surface area contributed by atoms with Crippen LogP contribution in [0.5, 0.6) is 0 Å². The molecule has 8 heteroatoms. The number of likely N-dealkylation sites (N-methyl/N-ethyl adjacent to an activating group) is 2. The van der Waals surface area contributed by atoms with Gasteiger partial charge in [-0.25, -0.2) is 4.79 Å². The summed E-state index contributed by atoms with van der Waals surface area (Å²) in [4.78, 5) is 40.4. The standard InChI is InChI=1S/C29H48N4O4/c1-18(2)22(16-19(3)27(36)37)33(11)26(35)24(28(4,5)6)32-25(34)23(31-10)29(7,8)21-14-12-20(13-15-21)17-30-9/h12-16,18,22-24,30-31H,17H2,1-11H3,(H,32,34)(H,36,37)/b19-16+/t22-,23?,24-/m1/s1. The van der Waals surface area contributed by atoms with Gasteiger partial charge in [0.15, 0.2) is 0 Å². The second-order valence-electron chi connectivity index (χ2n) is 11.8. The third kappa shape index (κ3) is 8.40. The van der Waals surface area contributed by atoms with Crippen molar-refractivity contribution < 1.29 is 19.5 Å². The molecule has 1 aromatic carbocycles. The molecular weight excluding hydrogens is 468 g/mol. The number of nitrogens with one attached hydrogen (secondary N) is 3. The van der Waals surface area contributed by atoms with E-state index in [1.807, 2.05) is 79.8 Å². The number of amides is 2. The van der Waals surface area contributed by atoms with Crippen LogP contribution in [0, 0.1) is 11.3 Å². The molecule has 0 aliphatic heterocycles. The molecule has 1 rings (SSSR count). The number of aliphatic carboxylic acids is 1. The SMILES string of the molecule is CNCc1ccc(C(C)(C)C(NC)C(=O)N[C@H](C(=O)N(C)[C@H](/C=C(\C)C(=O)O)C(C)C)C(C)(C)C)cc1. The number of nitrogens with zero attached hydrogens (tertiary/aromatic N) is 1. The minimum atomic E-state index is -1.02. The Labute approximate surface area is 223 Å². The lowest BCUT2D eigenvalue weighted by molar-refractivity contribution is -0.141. The number of hydrogen-bond acceptors (Lipinski definition) is 5. The Morgan fingerprint density at radius 2 is 1.54 bits per heavy atom. The first-order valence-electron chi connectivity index (χ1n) is 12.9. The van der Waals surface area contributed by atoms with Crippen LogP contribution in [0.15, 0.2) is 35.9 Å². The van der Waals surface area contributed by atoms with Gasteiger partial charge in [0.1, 0.15) is 6.04 Å². The fourth-order valence-corrected chi connectivity index (χ4v) is 4.55. The van der Waals surface area contributed by atoms with E-state index in [0.717, 1.165) is 17.7 Å². The first-order chi connectivity index (χ1) is 17.0. The van der Waals surface area contributed by atoms with Crippen molar-refractivity contribution in [3.8, 4) is 0 Å². The Balaban J connectivity index is 3.29. The topological polar surface area (TPSA) is 111 Å². The normalized spacial score (nSPS) is 15.2. The molecule has 0 fully saturated rings. The minimum absolute atomic E-state index is 0.0190. The van der Waals surface area contributed by atoms with E-state index in [-0.39, 0.29) is 23.3 Å². The predicted octanol–water partition coefficient (Wildman–Crippen LogP) is 3.32. The predicted molar refractivity (Wildman–Crippen MR) is 149 cm³/mol. The number of carbonyl (C=O) groups excluding carboxylic acids is 2. The molecule has 0 aliphatic carbocycles. The second-order valence-corrected chi connectivity index (χ2v) is 11.8. The van der Waals surface area contributed by atoms with E-state index in [9.17, 15) is 19.5 Å². The van der Waals surface area contributed by atoms with Crippen LogP contribution in [0.25, 0.3) is 0 Å². The van der Waals surface area contributed by atoms with Crippen LogP contribution in [0.3, 0.4) is 0 Å². The highest BCUT2D eigenvalue weighted by Crippen LogP contribution is 2.29. The molecule has 3 atom stereocenters. The first kappa shape index (κ1) is 32.3. The molecule has 0 spiro atoms. The van der Waals surface area contributed by atoms with Crippen LogP contribution >= 0.6 is 0 Å². The third-order valence-corrected chi connectivity index (χ3v) is 6.99. The zero-order chi connectivity index (χ0) is 28.7. The molecule has 0 saturated carbocycles. The fraction of sp³-hybridized carbons (Fsp3) is 0.621. The van der Waals surface area contributed by atoms with Gasteiger partial charge in [0.25, 0.3) is 0 Å². The van der Waals surface area contributed by atoms with Gasteiger partial charge >= 0.3 is 5.97 Å². The van der Waals surface area contributed by atoms with E-state index in [4.69, 9.17) is 0 Å². The minimum Gasteiger partial charge on any atom is -0.478 e. The van der Waals surface area contributed by atoms with E-state index in [0.29, 0.717) is 0 Å². The first-order valence-corrected chi connectivity index (χ1v) is 12.9. The number of rotatable bonds is 12. The van der Waals surface area contributed by atoms with E-state index < -0.39 is 34.9 Å².